The fourth-order valence-corrected chi connectivity index (χ4v) is 3.64. The predicted molar refractivity (Wildman–Crippen MR) is 79.6 cm³/mol. The molecule has 0 aromatic heterocycles. The molecule has 4 heteroatoms. The fraction of sp³-hybridized carbons (Fsp3) is 0.647. The van der Waals surface area contributed by atoms with Crippen LogP contribution < -0.4 is 14.8 Å². The van der Waals surface area contributed by atoms with Crippen LogP contribution in [0.5, 0.6) is 11.5 Å². The molecule has 2 fully saturated rings. The highest BCUT2D eigenvalue weighted by Gasteiger charge is 2.38. The Bertz CT molecular complexity index is 513. The lowest BCUT2D eigenvalue weighted by Crippen LogP contribution is -2.56. The summed E-state index contributed by atoms with van der Waals surface area (Å²) in [6.45, 7) is 4.38. The summed E-state index contributed by atoms with van der Waals surface area (Å²) in [5, 5.41) is 3.77. The summed E-state index contributed by atoms with van der Waals surface area (Å²) < 4.78 is 17.0. The first-order chi connectivity index (χ1) is 10.2. The van der Waals surface area contributed by atoms with Crippen LogP contribution in [0.25, 0.3) is 0 Å². The van der Waals surface area contributed by atoms with E-state index in [1.165, 1.54) is 31.2 Å². The van der Waals surface area contributed by atoms with Gasteiger partial charge in [0.1, 0.15) is 0 Å². The lowest BCUT2D eigenvalue weighted by molar-refractivity contribution is -0.0504. The number of rotatable bonds is 1. The van der Waals surface area contributed by atoms with E-state index in [0.717, 1.165) is 30.6 Å². The Labute approximate surface area is 125 Å². The molecule has 0 amide bonds. The van der Waals surface area contributed by atoms with E-state index in [1.807, 2.05) is 6.07 Å². The highest BCUT2D eigenvalue weighted by molar-refractivity contribution is 5.45. The predicted octanol–water partition coefficient (Wildman–Crippen LogP) is 3.03. The first-order valence-corrected chi connectivity index (χ1v) is 8.00. The Kier molecular flexibility index (Phi) is 3.31. The van der Waals surface area contributed by atoms with E-state index in [9.17, 15) is 0 Å². The van der Waals surface area contributed by atoms with Gasteiger partial charge in [-0.25, -0.2) is 0 Å². The van der Waals surface area contributed by atoms with E-state index in [0.29, 0.717) is 6.79 Å². The minimum Gasteiger partial charge on any atom is -0.454 e. The second-order valence-corrected chi connectivity index (χ2v) is 6.76. The van der Waals surface area contributed by atoms with Gasteiger partial charge in [0.25, 0.3) is 0 Å². The van der Waals surface area contributed by atoms with Crippen LogP contribution in [0.3, 0.4) is 0 Å². The topological polar surface area (TPSA) is 39.7 Å². The van der Waals surface area contributed by atoms with E-state index < -0.39 is 0 Å². The molecule has 1 spiro atoms. The van der Waals surface area contributed by atoms with E-state index >= 15 is 0 Å². The zero-order valence-electron chi connectivity index (χ0n) is 12.6. The molecule has 114 valence electrons. The second-order valence-electron chi connectivity index (χ2n) is 6.76. The summed E-state index contributed by atoms with van der Waals surface area (Å²) in [4.78, 5) is 0. The second kappa shape index (κ2) is 5.18. The Balaban J connectivity index is 1.43. The minimum absolute atomic E-state index is 0.115. The first-order valence-electron chi connectivity index (χ1n) is 8.00. The van der Waals surface area contributed by atoms with E-state index in [2.05, 4.69) is 24.4 Å². The number of hydrogen-bond acceptors (Lipinski definition) is 4. The number of fused-ring (bicyclic) bond motifs is 1. The number of ether oxygens (including phenoxy) is 3. The molecule has 21 heavy (non-hydrogen) atoms. The average molecular weight is 289 g/mol. The van der Waals surface area contributed by atoms with Gasteiger partial charge in [-0.05, 0) is 49.3 Å². The van der Waals surface area contributed by atoms with Crippen molar-refractivity contribution in [3.8, 4) is 11.5 Å². The van der Waals surface area contributed by atoms with Gasteiger partial charge in [0.2, 0.25) is 6.79 Å². The molecule has 1 aliphatic carbocycles. The molecule has 1 aromatic rings. The van der Waals surface area contributed by atoms with Crippen molar-refractivity contribution in [3.05, 3.63) is 23.8 Å². The number of nitrogens with one attached hydrogen (secondary N) is 1. The molecule has 4 nitrogen and oxygen atoms in total. The Morgan fingerprint density at radius 3 is 2.71 bits per heavy atom. The van der Waals surface area contributed by atoms with Crippen molar-refractivity contribution in [1.29, 1.82) is 0 Å². The summed E-state index contributed by atoms with van der Waals surface area (Å²) in [5.74, 6) is 2.53. The standard InChI is InChI=1S/C17H23NO3/c1-12-4-6-17(7-5-12)10-19-16(9-18-17)13-2-3-14-15(8-13)21-11-20-14/h2-3,8,12,16,18H,4-7,9-11H2,1H3. The third-order valence-electron chi connectivity index (χ3n) is 5.22. The molecule has 0 radical (unpaired) electrons. The van der Waals surface area contributed by atoms with Crippen LogP contribution in [0.2, 0.25) is 0 Å². The summed E-state index contributed by atoms with van der Waals surface area (Å²) >= 11 is 0. The molecule has 2 aliphatic heterocycles. The number of morpholine rings is 1. The summed E-state index contributed by atoms with van der Waals surface area (Å²) in [5.41, 5.74) is 1.39. The smallest absolute Gasteiger partial charge is 0.231 e. The van der Waals surface area contributed by atoms with Crippen molar-refractivity contribution < 1.29 is 14.2 Å². The largest absolute Gasteiger partial charge is 0.454 e. The van der Waals surface area contributed by atoms with Crippen LogP contribution in [-0.4, -0.2) is 25.5 Å². The Hall–Kier alpha value is -1.26. The average Bonchev–Trinajstić information content (AvgIpc) is 2.99. The van der Waals surface area contributed by atoms with Crippen LogP contribution in [-0.2, 0) is 4.74 Å². The first kappa shape index (κ1) is 13.4. The van der Waals surface area contributed by atoms with Crippen LogP contribution in [0, 0.1) is 5.92 Å². The Morgan fingerprint density at radius 2 is 1.95 bits per heavy atom. The summed E-state index contributed by atoms with van der Waals surface area (Å²) in [6.07, 6.45) is 5.21. The minimum atomic E-state index is 0.115. The molecule has 4 rings (SSSR count). The van der Waals surface area contributed by atoms with Crippen LogP contribution in [0.15, 0.2) is 18.2 Å². The van der Waals surface area contributed by atoms with Crippen LogP contribution in [0.4, 0.5) is 0 Å². The highest BCUT2D eigenvalue weighted by atomic mass is 16.7. The molecular formula is C17H23NO3. The third-order valence-corrected chi connectivity index (χ3v) is 5.22. The molecule has 2 heterocycles. The monoisotopic (exact) mass is 289 g/mol. The van der Waals surface area contributed by atoms with Crippen LogP contribution >= 0.6 is 0 Å². The van der Waals surface area contributed by atoms with Crippen molar-refractivity contribution in [2.24, 2.45) is 5.92 Å². The molecule has 3 aliphatic rings. The van der Waals surface area contributed by atoms with Crippen molar-refractivity contribution >= 4 is 0 Å². The third kappa shape index (κ3) is 2.51. The molecule has 1 unspecified atom stereocenters. The molecule has 1 aromatic carbocycles. The van der Waals surface area contributed by atoms with Gasteiger partial charge in [-0.2, -0.15) is 0 Å². The van der Waals surface area contributed by atoms with Gasteiger partial charge < -0.3 is 19.5 Å². The maximum Gasteiger partial charge on any atom is 0.231 e. The van der Waals surface area contributed by atoms with Crippen molar-refractivity contribution in [3.63, 3.8) is 0 Å². The van der Waals surface area contributed by atoms with Crippen molar-refractivity contribution in [2.45, 2.75) is 44.2 Å². The summed E-state index contributed by atoms with van der Waals surface area (Å²) in [6, 6.07) is 6.12. The summed E-state index contributed by atoms with van der Waals surface area (Å²) in [7, 11) is 0. The maximum atomic E-state index is 6.19. The SMILES string of the molecule is CC1CCC2(CC1)COC(c1ccc3c(c1)OCO3)CN2. The van der Waals surface area contributed by atoms with E-state index in [4.69, 9.17) is 14.2 Å². The molecule has 1 saturated heterocycles. The van der Waals surface area contributed by atoms with Gasteiger partial charge in [0.05, 0.1) is 12.7 Å². The zero-order valence-corrected chi connectivity index (χ0v) is 12.6. The van der Waals surface area contributed by atoms with E-state index in [-0.39, 0.29) is 11.6 Å². The zero-order chi connectivity index (χ0) is 14.3. The molecule has 1 N–H and O–H groups in total. The Morgan fingerprint density at radius 1 is 1.14 bits per heavy atom. The molecule has 1 saturated carbocycles. The molecular weight excluding hydrogens is 266 g/mol. The fourth-order valence-electron chi connectivity index (χ4n) is 3.64. The van der Waals surface area contributed by atoms with Gasteiger partial charge in [-0.1, -0.05) is 13.0 Å². The van der Waals surface area contributed by atoms with Gasteiger partial charge in [0.15, 0.2) is 11.5 Å². The normalized spacial score (nSPS) is 35.1. The molecule has 0 bridgehead atoms. The number of hydrogen-bond donors (Lipinski definition) is 1. The van der Waals surface area contributed by atoms with Gasteiger partial charge in [-0.3, -0.25) is 0 Å². The van der Waals surface area contributed by atoms with Crippen molar-refractivity contribution in [2.75, 3.05) is 19.9 Å². The van der Waals surface area contributed by atoms with Gasteiger partial charge in [-0.15, -0.1) is 0 Å². The van der Waals surface area contributed by atoms with E-state index in [1.54, 1.807) is 0 Å². The quantitative estimate of drug-likeness (QED) is 0.862. The lowest BCUT2D eigenvalue weighted by atomic mass is 9.77. The van der Waals surface area contributed by atoms with Crippen LogP contribution in [0.1, 0.15) is 44.3 Å². The van der Waals surface area contributed by atoms with Gasteiger partial charge in [0, 0.05) is 12.1 Å². The lowest BCUT2D eigenvalue weighted by Gasteiger charge is -2.45. The van der Waals surface area contributed by atoms with Crippen molar-refractivity contribution in [1.82, 2.24) is 5.32 Å². The molecule has 1 atom stereocenters. The maximum absolute atomic E-state index is 6.19. The highest BCUT2D eigenvalue weighted by Crippen LogP contribution is 2.38. The number of benzene rings is 1. The van der Waals surface area contributed by atoms with Gasteiger partial charge >= 0.3 is 0 Å².